The minimum absolute atomic E-state index is 0.317. The third-order valence-electron chi connectivity index (χ3n) is 8.05. The van der Waals surface area contributed by atoms with E-state index in [0.29, 0.717) is 11.8 Å². The Morgan fingerprint density at radius 1 is 0.800 bits per heavy atom. The fourth-order valence-corrected chi connectivity index (χ4v) is 6.14. The van der Waals surface area contributed by atoms with Crippen LogP contribution in [-0.2, 0) is 0 Å². The first-order chi connectivity index (χ1) is 19.6. The summed E-state index contributed by atoms with van der Waals surface area (Å²) in [6, 6.07) is 34.8. The molecule has 0 saturated heterocycles. The molecular formula is C38H34N2. The van der Waals surface area contributed by atoms with Gasteiger partial charge >= 0.3 is 0 Å². The molecule has 0 bridgehead atoms. The maximum atomic E-state index is 5.04. The fourth-order valence-electron chi connectivity index (χ4n) is 6.14. The third-order valence-corrected chi connectivity index (χ3v) is 8.05. The molecule has 2 atom stereocenters. The molecule has 0 aromatic heterocycles. The summed E-state index contributed by atoms with van der Waals surface area (Å²) in [4.78, 5) is 9.78. The minimum atomic E-state index is 0.317. The van der Waals surface area contributed by atoms with E-state index in [2.05, 4.69) is 123 Å². The topological polar surface area (TPSA) is 24.7 Å². The van der Waals surface area contributed by atoms with E-state index in [4.69, 9.17) is 9.98 Å². The first-order valence-corrected chi connectivity index (χ1v) is 14.1. The molecule has 40 heavy (non-hydrogen) atoms. The fraction of sp³-hybridized carbons (Fsp3) is 0.158. The van der Waals surface area contributed by atoms with Gasteiger partial charge in [0, 0.05) is 17.5 Å². The van der Waals surface area contributed by atoms with E-state index in [-0.39, 0.29) is 0 Å². The summed E-state index contributed by atoms with van der Waals surface area (Å²) in [5.74, 6) is 0.643. The second-order valence-corrected chi connectivity index (χ2v) is 10.7. The number of allylic oxidation sites excluding steroid dienone is 4. The average Bonchev–Trinajstić information content (AvgIpc) is 3.02. The molecule has 2 nitrogen and oxygen atoms in total. The molecule has 1 aliphatic carbocycles. The zero-order valence-electron chi connectivity index (χ0n) is 23.2. The van der Waals surface area contributed by atoms with Gasteiger partial charge in [-0.15, -0.1) is 0 Å². The molecule has 0 radical (unpaired) electrons. The highest BCUT2D eigenvalue weighted by Gasteiger charge is 2.32. The molecule has 1 unspecified atom stereocenters. The van der Waals surface area contributed by atoms with Crippen molar-refractivity contribution in [1.82, 2.24) is 0 Å². The minimum Gasteiger partial charge on any atom is -0.259 e. The Kier molecular flexibility index (Phi) is 7.25. The van der Waals surface area contributed by atoms with Crippen molar-refractivity contribution in [1.29, 1.82) is 0 Å². The van der Waals surface area contributed by atoms with Gasteiger partial charge in [-0.2, -0.15) is 0 Å². The maximum absolute atomic E-state index is 5.04. The zero-order chi connectivity index (χ0) is 27.5. The first kappa shape index (κ1) is 25.7. The van der Waals surface area contributed by atoms with Gasteiger partial charge in [-0.3, -0.25) is 9.98 Å². The van der Waals surface area contributed by atoms with Crippen molar-refractivity contribution in [2.45, 2.75) is 32.6 Å². The van der Waals surface area contributed by atoms with Crippen LogP contribution in [0.15, 0.2) is 126 Å². The molecular weight excluding hydrogens is 484 g/mol. The summed E-state index contributed by atoms with van der Waals surface area (Å²) < 4.78 is 0. The van der Waals surface area contributed by atoms with Crippen LogP contribution < -0.4 is 0 Å². The Morgan fingerprint density at radius 3 is 2.23 bits per heavy atom. The highest BCUT2D eigenvalue weighted by atomic mass is 14.8. The number of aliphatic imine (C=N–C) groups is 2. The number of benzene rings is 4. The van der Waals surface area contributed by atoms with Crippen LogP contribution in [0, 0.1) is 5.92 Å². The van der Waals surface area contributed by atoms with Crippen LogP contribution in [0.3, 0.4) is 0 Å². The summed E-state index contributed by atoms with van der Waals surface area (Å²) in [6.45, 7) is 8.14. The highest BCUT2D eigenvalue weighted by molar-refractivity contribution is 5.94. The van der Waals surface area contributed by atoms with Gasteiger partial charge in [0.25, 0.3) is 0 Å². The molecule has 0 N–H and O–H groups in total. The Hall–Kier alpha value is -4.56. The van der Waals surface area contributed by atoms with Gasteiger partial charge in [-0.05, 0) is 83.6 Å². The van der Waals surface area contributed by atoms with E-state index in [1.165, 1.54) is 39.0 Å². The summed E-state index contributed by atoms with van der Waals surface area (Å²) in [6.07, 6.45) is 10.6. The van der Waals surface area contributed by atoms with E-state index < -0.39 is 0 Å². The Labute approximate surface area is 237 Å². The molecule has 2 heteroatoms. The van der Waals surface area contributed by atoms with Crippen LogP contribution in [0.4, 0.5) is 11.4 Å². The molecule has 196 valence electrons. The molecule has 1 aliphatic heterocycles. The Balaban J connectivity index is 1.47. The van der Waals surface area contributed by atoms with Crippen molar-refractivity contribution in [2.75, 3.05) is 0 Å². The number of hydrogen-bond donors (Lipinski definition) is 0. The van der Waals surface area contributed by atoms with Crippen molar-refractivity contribution < 1.29 is 0 Å². The molecule has 6 rings (SSSR count). The summed E-state index contributed by atoms with van der Waals surface area (Å²) in [5, 5.41) is 0. The Bertz CT molecular complexity index is 1670. The molecule has 0 spiro atoms. The first-order valence-electron chi connectivity index (χ1n) is 14.1. The van der Waals surface area contributed by atoms with E-state index in [1.54, 1.807) is 0 Å². The maximum Gasteiger partial charge on any atom is 0.0957 e. The molecule has 0 saturated carbocycles. The van der Waals surface area contributed by atoms with Crippen LogP contribution in [0.25, 0.3) is 28.3 Å². The SMILES string of the molecule is C=Cc1ccc2c(c1N=CC)N=C(C)CC2[C@@H]1C=C(c2cccc(-c3ccccc3)c2)C=C(c2ccccc2)C1. The average molecular weight is 519 g/mol. The van der Waals surface area contributed by atoms with Gasteiger partial charge in [0.05, 0.1) is 11.4 Å². The highest BCUT2D eigenvalue weighted by Crippen LogP contribution is 2.50. The second kappa shape index (κ2) is 11.3. The van der Waals surface area contributed by atoms with Crippen molar-refractivity contribution in [2.24, 2.45) is 15.9 Å². The van der Waals surface area contributed by atoms with Crippen molar-refractivity contribution in [3.63, 3.8) is 0 Å². The lowest BCUT2D eigenvalue weighted by Gasteiger charge is -2.33. The largest absolute Gasteiger partial charge is 0.259 e. The van der Waals surface area contributed by atoms with Crippen molar-refractivity contribution in [3.05, 3.63) is 138 Å². The lowest BCUT2D eigenvalue weighted by molar-refractivity contribution is 0.524. The summed E-state index contributed by atoms with van der Waals surface area (Å²) >= 11 is 0. The second-order valence-electron chi connectivity index (χ2n) is 10.7. The smallest absolute Gasteiger partial charge is 0.0957 e. The number of rotatable bonds is 6. The molecule has 4 aromatic carbocycles. The van der Waals surface area contributed by atoms with E-state index >= 15 is 0 Å². The molecule has 0 fully saturated rings. The number of fused-ring (bicyclic) bond motifs is 1. The molecule has 0 amide bonds. The number of nitrogens with zero attached hydrogens (tertiary/aromatic N) is 2. The Morgan fingerprint density at radius 2 is 1.50 bits per heavy atom. The van der Waals surface area contributed by atoms with Crippen LogP contribution >= 0.6 is 0 Å². The summed E-state index contributed by atoms with van der Waals surface area (Å²) in [7, 11) is 0. The lowest BCUT2D eigenvalue weighted by atomic mass is 9.72. The quantitative estimate of drug-likeness (QED) is 0.227. The normalized spacial score (nSPS) is 18.5. The van der Waals surface area contributed by atoms with E-state index in [0.717, 1.165) is 35.5 Å². The van der Waals surface area contributed by atoms with Gasteiger partial charge in [0.1, 0.15) is 0 Å². The third kappa shape index (κ3) is 5.05. The number of hydrogen-bond acceptors (Lipinski definition) is 2. The van der Waals surface area contributed by atoms with Gasteiger partial charge in [0.15, 0.2) is 0 Å². The van der Waals surface area contributed by atoms with Crippen LogP contribution in [0.1, 0.15) is 54.9 Å². The van der Waals surface area contributed by atoms with Crippen molar-refractivity contribution >= 4 is 40.5 Å². The predicted molar refractivity (Wildman–Crippen MR) is 173 cm³/mol. The van der Waals surface area contributed by atoms with Crippen LogP contribution in [-0.4, -0.2) is 11.9 Å². The molecule has 4 aromatic rings. The molecule has 2 aliphatic rings. The van der Waals surface area contributed by atoms with Gasteiger partial charge in [-0.25, -0.2) is 0 Å². The van der Waals surface area contributed by atoms with Gasteiger partial charge in [-0.1, -0.05) is 116 Å². The standard InChI is InChI=1S/C38H34N2/c1-4-27-19-20-35-36(21-26(3)40-38(35)37(27)39-5-2)34-24-32(29-15-10-7-11-16-29)23-33(25-34)31-18-12-17-30(22-31)28-13-8-6-9-14-28/h4-20,22-23,25,34,36H,1,21,24H2,2-3H3/t34-,36?/m0/s1. The molecule has 1 heterocycles. The predicted octanol–water partition coefficient (Wildman–Crippen LogP) is 10.5. The zero-order valence-corrected chi connectivity index (χ0v) is 23.2. The van der Waals surface area contributed by atoms with Gasteiger partial charge < -0.3 is 0 Å². The summed E-state index contributed by atoms with van der Waals surface area (Å²) in [5.41, 5.74) is 13.1. The monoisotopic (exact) mass is 518 g/mol. The van der Waals surface area contributed by atoms with Gasteiger partial charge in [0.2, 0.25) is 0 Å². The van der Waals surface area contributed by atoms with E-state index in [1.807, 2.05) is 19.2 Å². The van der Waals surface area contributed by atoms with Crippen molar-refractivity contribution in [3.8, 4) is 11.1 Å². The van der Waals surface area contributed by atoms with Crippen LogP contribution in [0.2, 0.25) is 0 Å². The van der Waals surface area contributed by atoms with Crippen LogP contribution in [0.5, 0.6) is 0 Å². The van der Waals surface area contributed by atoms with E-state index in [9.17, 15) is 0 Å². The lowest BCUT2D eigenvalue weighted by Crippen LogP contribution is -2.20.